The van der Waals surface area contributed by atoms with Crippen LogP contribution in [-0.2, 0) is 21.4 Å². The van der Waals surface area contributed by atoms with E-state index in [1.165, 1.54) is 17.0 Å². The number of hydrogen-bond acceptors (Lipinski definition) is 4. The second kappa shape index (κ2) is 8.71. The molecule has 6 nitrogen and oxygen atoms in total. The summed E-state index contributed by atoms with van der Waals surface area (Å²) in [5.41, 5.74) is 0.974. The number of amides is 1. The highest BCUT2D eigenvalue weighted by molar-refractivity contribution is 7.89. The van der Waals surface area contributed by atoms with Gasteiger partial charge in [0.05, 0.1) is 24.2 Å². The first-order valence-corrected chi connectivity index (χ1v) is 10.8. The number of nitrogens with one attached hydrogen (secondary N) is 1. The quantitative estimate of drug-likeness (QED) is 0.787. The smallest absolute Gasteiger partial charge is 0.243 e. The van der Waals surface area contributed by atoms with Crippen molar-refractivity contribution in [3.05, 3.63) is 54.0 Å². The van der Waals surface area contributed by atoms with Crippen molar-refractivity contribution in [2.24, 2.45) is 0 Å². The van der Waals surface area contributed by atoms with Gasteiger partial charge in [0.1, 0.15) is 5.76 Å². The summed E-state index contributed by atoms with van der Waals surface area (Å²) in [6.07, 6.45) is 6.79. The third-order valence-corrected chi connectivity index (χ3v) is 6.67. The van der Waals surface area contributed by atoms with Crippen molar-refractivity contribution < 1.29 is 17.6 Å². The van der Waals surface area contributed by atoms with E-state index in [0.29, 0.717) is 5.76 Å². The molecule has 1 aliphatic carbocycles. The van der Waals surface area contributed by atoms with Crippen LogP contribution >= 0.6 is 0 Å². The molecule has 0 saturated heterocycles. The molecule has 1 heterocycles. The first kappa shape index (κ1) is 19.6. The third-order valence-electron chi connectivity index (χ3n) is 4.86. The van der Waals surface area contributed by atoms with Gasteiger partial charge in [0, 0.05) is 6.04 Å². The zero-order valence-electron chi connectivity index (χ0n) is 15.6. The fourth-order valence-electron chi connectivity index (χ4n) is 3.34. The van der Waals surface area contributed by atoms with Gasteiger partial charge in [-0.1, -0.05) is 37.0 Å². The van der Waals surface area contributed by atoms with Crippen molar-refractivity contribution in [3.63, 3.8) is 0 Å². The Morgan fingerprint density at radius 2 is 1.85 bits per heavy atom. The first-order valence-electron chi connectivity index (χ1n) is 9.34. The van der Waals surface area contributed by atoms with Gasteiger partial charge in [-0.15, -0.1) is 0 Å². The summed E-state index contributed by atoms with van der Waals surface area (Å²) in [5, 5.41) is 2.99. The third kappa shape index (κ3) is 5.20. The molecule has 0 bridgehead atoms. The molecule has 0 aliphatic heterocycles. The Labute approximate surface area is 160 Å². The molecular formula is C20H26N2O4S. The van der Waals surface area contributed by atoms with Gasteiger partial charge in [-0.2, -0.15) is 4.31 Å². The number of hydrogen-bond donors (Lipinski definition) is 1. The summed E-state index contributed by atoms with van der Waals surface area (Å²) in [4.78, 5) is 12.7. The minimum atomic E-state index is -3.82. The molecule has 1 aliphatic rings. The topological polar surface area (TPSA) is 79.6 Å². The molecule has 0 unspecified atom stereocenters. The molecule has 1 aromatic carbocycles. The summed E-state index contributed by atoms with van der Waals surface area (Å²) in [6, 6.07) is 10.2. The lowest BCUT2D eigenvalue weighted by Crippen LogP contribution is -2.44. The van der Waals surface area contributed by atoms with E-state index in [1.807, 2.05) is 6.92 Å². The van der Waals surface area contributed by atoms with Crippen LogP contribution in [0.1, 0.15) is 43.4 Å². The van der Waals surface area contributed by atoms with Crippen molar-refractivity contribution in [1.29, 1.82) is 0 Å². The molecular weight excluding hydrogens is 364 g/mol. The van der Waals surface area contributed by atoms with Crippen LogP contribution in [-0.4, -0.2) is 31.2 Å². The molecule has 1 fully saturated rings. The molecule has 0 atom stereocenters. The number of rotatable bonds is 7. The van der Waals surface area contributed by atoms with Gasteiger partial charge in [0.15, 0.2) is 0 Å². The minimum absolute atomic E-state index is 0.0152. The fraction of sp³-hybridized carbons (Fsp3) is 0.450. The number of carbonyl (C=O) groups excluding carboxylic acids is 1. The number of furan rings is 1. The van der Waals surface area contributed by atoms with E-state index in [2.05, 4.69) is 5.32 Å². The van der Waals surface area contributed by atoms with Crippen LogP contribution in [0.25, 0.3) is 0 Å². The van der Waals surface area contributed by atoms with Gasteiger partial charge in [-0.05, 0) is 44.0 Å². The van der Waals surface area contributed by atoms with Gasteiger partial charge in [-0.3, -0.25) is 4.79 Å². The van der Waals surface area contributed by atoms with Crippen LogP contribution in [0, 0.1) is 6.92 Å². The van der Waals surface area contributed by atoms with E-state index in [1.54, 1.807) is 36.4 Å². The summed E-state index contributed by atoms with van der Waals surface area (Å²) < 4.78 is 32.7. The molecule has 3 rings (SSSR count). The van der Waals surface area contributed by atoms with Crippen molar-refractivity contribution in [1.82, 2.24) is 9.62 Å². The van der Waals surface area contributed by atoms with Crippen molar-refractivity contribution in [2.75, 3.05) is 6.54 Å². The first-order chi connectivity index (χ1) is 12.9. The molecule has 0 radical (unpaired) electrons. The van der Waals surface area contributed by atoms with Gasteiger partial charge < -0.3 is 9.73 Å². The van der Waals surface area contributed by atoms with Gasteiger partial charge in [0.25, 0.3) is 0 Å². The maximum absolute atomic E-state index is 13.1. The molecule has 1 amide bonds. The fourth-order valence-corrected chi connectivity index (χ4v) is 4.70. The van der Waals surface area contributed by atoms with E-state index >= 15 is 0 Å². The average Bonchev–Trinajstić information content (AvgIpc) is 3.15. The maximum Gasteiger partial charge on any atom is 0.243 e. The second-order valence-corrected chi connectivity index (χ2v) is 9.01. The van der Waals surface area contributed by atoms with Gasteiger partial charge in [0.2, 0.25) is 15.9 Å². The highest BCUT2D eigenvalue weighted by Gasteiger charge is 2.28. The highest BCUT2D eigenvalue weighted by Crippen LogP contribution is 2.20. The number of sulfonamides is 1. The summed E-state index contributed by atoms with van der Waals surface area (Å²) in [7, 11) is -3.82. The van der Waals surface area contributed by atoms with E-state index in [9.17, 15) is 13.2 Å². The number of carbonyl (C=O) groups is 1. The Bertz CT molecular complexity index is 839. The summed E-state index contributed by atoms with van der Waals surface area (Å²) in [6.45, 7) is 1.68. The zero-order chi connectivity index (χ0) is 19.3. The van der Waals surface area contributed by atoms with Crippen molar-refractivity contribution in [3.8, 4) is 0 Å². The second-order valence-electron chi connectivity index (χ2n) is 7.07. The van der Waals surface area contributed by atoms with Gasteiger partial charge in [-0.25, -0.2) is 8.42 Å². The number of nitrogens with zero attached hydrogens (tertiary/aromatic N) is 1. The van der Waals surface area contributed by atoms with Crippen LogP contribution in [0.3, 0.4) is 0 Å². The molecule has 0 spiro atoms. The Morgan fingerprint density at radius 3 is 2.48 bits per heavy atom. The molecule has 146 valence electrons. The predicted octanol–water partition coefficient (Wildman–Crippen LogP) is 3.23. The molecule has 7 heteroatoms. The summed E-state index contributed by atoms with van der Waals surface area (Å²) in [5.74, 6) is 0.222. The Hall–Kier alpha value is -2.12. The van der Waals surface area contributed by atoms with E-state index < -0.39 is 10.0 Å². The van der Waals surface area contributed by atoms with Gasteiger partial charge >= 0.3 is 0 Å². The van der Waals surface area contributed by atoms with Crippen molar-refractivity contribution >= 4 is 15.9 Å². The molecule has 1 aromatic heterocycles. The molecule has 27 heavy (non-hydrogen) atoms. The molecule has 2 aromatic rings. The lowest BCUT2D eigenvalue weighted by atomic mass is 9.95. The normalized spacial score (nSPS) is 15.8. The van der Waals surface area contributed by atoms with Crippen LogP contribution in [0.5, 0.6) is 0 Å². The molecule has 1 saturated carbocycles. The zero-order valence-corrected chi connectivity index (χ0v) is 16.4. The van der Waals surface area contributed by atoms with Crippen LogP contribution < -0.4 is 5.32 Å². The lowest BCUT2D eigenvalue weighted by Gasteiger charge is -2.25. The predicted molar refractivity (Wildman–Crippen MR) is 102 cm³/mol. The Kier molecular flexibility index (Phi) is 6.34. The highest BCUT2D eigenvalue weighted by atomic mass is 32.2. The average molecular weight is 391 g/mol. The van der Waals surface area contributed by atoms with Crippen molar-refractivity contribution in [2.45, 2.75) is 56.5 Å². The maximum atomic E-state index is 13.1. The van der Waals surface area contributed by atoms with E-state index in [4.69, 9.17) is 4.42 Å². The SMILES string of the molecule is Cc1ccc(S(=O)(=O)N(CC(=O)NC2CCCCC2)Cc2ccco2)cc1. The Morgan fingerprint density at radius 1 is 1.15 bits per heavy atom. The monoisotopic (exact) mass is 390 g/mol. The van der Waals surface area contributed by atoms with E-state index in [-0.39, 0.29) is 29.9 Å². The summed E-state index contributed by atoms with van der Waals surface area (Å²) >= 11 is 0. The lowest BCUT2D eigenvalue weighted by molar-refractivity contribution is -0.122. The number of aryl methyl sites for hydroxylation is 1. The molecule has 1 N–H and O–H groups in total. The van der Waals surface area contributed by atoms with E-state index in [0.717, 1.165) is 31.2 Å². The minimum Gasteiger partial charge on any atom is -0.468 e. The number of benzene rings is 1. The Balaban J connectivity index is 1.77. The van der Waals surface area contributed by atoms with Crippen LogP contribution in [0.15, 0.2) is 52.0 Å². The standard InChI is InChI=1S/C20H26N2O4S/c1-16-9-11-19(12-10-16)27(24,25)22(14-18-8-5-13-26-18)15-20(23)21-17-6-3-2-4-7-17/h5,8-13,17H,2-4,6-7,14-15H2,1H3,(H,21,23). The van der Waals surface area contributed by atoms with Crippen LogP contribution in [0.2, 0.25) is 0 Å². The largest absolute Gasteiger partial charge is 0.468 e. The van der Waals surface area contributed by atoms with Crippen LogP contribution in [0.4, 0.5) is 0 Å².